The molecule has 3 aliphatic carbocycles. The van der Waals surface area contributed by atoms with Crippen LogP contribution in [0.1, 0.15) is 46.7 Å². The van der Waals surface area contributed by atoms with E-state index in [-0.39, 0.29) is 29.2 Å². The Morgan fingerprint density at radius 2 is 1.78 bits per heavy atom. The van der Waals surface area contributed by atoms with Crippen LogP contribution in [0, 0.1) is 11.8 Å². The number of allylic oxidation sites excluding steroid dienone is 1. The number of piperidine rings is 1. The lowest BCUT2D eigenvalue weighted by molar-refractivity contribution is -0.148. The van der Waals surface area contributed by atoms with Crippen LogP contribution in [0.25, 0.3) is 0 Å². The standard InChI is InChI=1S/C26H31N3O7/c1-29(2)20-15-10-12-9-14-13(11-5-7-28-8-6-11)3-4-16(30)18(14)21(31)17(12)23(33)26(15,36)24(34)19(22(20)32)25(27)35/h3-4,11-12,15,20,28,30,32-33,36H,5-10H2,1-2H3,(H2,27,35)/t12-,15-,20+,26-/m0/s1. The summed E-state index contributed by atoms with van der Waals surface area (Å²) in [7, 11) is 3.22. The van der Waals surface area contributed by atoms with Crippen molar-refractivity contribution in [1.82, 2.24) is 10.2 Å². The topological polar surface area (TPSA) is 173 Å². The fourth-order valence-electron chi connectivity index (χ4n) is 6.79. The highest BCUT2D eigenvalue weighted by atomic mass is 16.3. The van der Waals surface area contributed by atoms with Gasteiger partial charge in [0.05, 0.1) is 11.6 Å². The van der Waals surface area contributed by atoms with Crippen LogP contribution in [-0.2, 0) is 16.0 Å². The molecule has 0 radical (unpaired) electrons. The Kier molecular flexibility index (Phi) is 5.73. The van der Waals surface area contributed by atoms with E-state index < -0.39 is 58.0 Å². The molecule has 1 saturated heterocycles. The molecule has 7 N–H and O–H groups in total. The van der Waals surface area contributed by atoms with E-state index in [1.54, 1.807) is 19.0 Å². The Labute approximate surface area is 208 Å². The summed E-state index contributed by atoms with van der Waals surface area (Å²) in [6, 6.07) is 2.33. The van der Waals surface area contributed by atoms with Crippen LogP contribution in [0.2, 0.25) is 0 Å². The molecule has 1 amide bonds. The maximum atomic E-state index is 13.8. The number of amides is 1. The maximum absolute atomic E-state index is 13.8. The number of aliphatic hydroxyl groups is 3. The number of hydrogen-bond acceptors (Lipinski definition) is 9. The van der Waals surface area contributed by atoms with Crippen LogP contribution < -0.4 is 11.1 Å². The van der Waals surface area contributed by atoms with Gasteiger partial charge in [-0.15, -0.1) is 0 Å². The lowest BCUT2D eigenvalue weighted by Crippen LogP contribution is -2.63. The smallest absolute Gasteiger partial charge is 0.255 e. The number of fused-ring (bicyclic) bond motifs is 3. The molecule has 10 heteroatoms. The third-order valence-electron chi connectivity index (χ3n) is 8.42. The van der Waals surface area contributed by atoms with Gasteiger partial charge in [-0.1, -0.05) is 6.07 Å². The third-order valence-corrected chi connectivity index (χ3v) is 8.42. The Hall–Kier alpha value is -3.21. The average molecular weight is 498 g/mol. The molecule has 1 aromatic carbocycles. The summed E-state index contributed by atoms with van der Waals surface area (Å²) < 4.78 is 0. The second-order valence-electron chi connectivity index (χ2n) is 10.5. The molecule has 0 saturated carbocycles. The molecule has 4 aliphatic rings. The predicted octanol–water partition coefficient (Wildman–Crippen LogP) is 0.588. The van der Waals surface area contributed by atoms with E-state index in [2.05, 4.69) is 5.32 Å². The van der Waals surface area contributed by atoms with Gasteiger partial charge < -0.3 is 31.5 Å². The number of aromatic hydroxyl groups is 1. The molecule has 5 rings (SSSR count). The van der Waals surface area contributed by atoms with Gasteiger partial charge in [-0.05, 0) is 81.9 Å². The summed E-state index contributed by atoms with van der Waals surface area (Å²) in [5.41, 5.74) is 3.59. The van der Waals surface area contributed by atoms with E-state index in [9.17, 15) is 34.8 Å². The number of nitrogens with one attached hydrogen (secondary N) is 1. The van der Waals surface area contributed by atoms with Crippen molar-refractivity contribution in [3.8, 4) is 5.75 Å². The largest absolute Gasteiger partial charge is 0.510 e. The first kappa shape index (κ1) is 24.5. The number of likely N-dealkylation sites (N-methyl/N-ethyl adjacent to an activating group) is 1. The van der Waals surface area contributed by atoms with Gasteiger partial charge >= 0.3 is 0 Å². The monoisotopic (exact) mass is 497 g/mol. The minimum Gasteiger partial charge on any atom is -0.510 e. The molecule has 1 aliphatic heterocycles. The fourth-order valence-corrected chi connectivity index (χ4v) is 6.79. The van der Waals surface area contributed by atoms with Crippen molar-refractivity contribution >= 4 is 17.5 Å². The number of rotatable bonds is 3. The number of ketones is 2. The van der Waals surface area contributed by atoms with E-state index >= 15 is 0 Å². The van der Waals surface area contributed by atoms with Gasteiger partial charge in [0.15, 0.2) is 11.4 Å². The zero-order chi connectivity index (χ0) is 26.1. The second-order valence-corrected chi connectivity index (χ2v) is 10.5. The first-order chi connectivity index (χ1) is 17.0. The normalized spacial score (nSPS) is 30.8. The van der Waals surface area contributed by atoms with Crippen molar-refractivity contribution < 1.29 is 34.8 Å². The van der Waals surface area contributed by atoms with Gasteiger partial charge in [-0.3, -0.25) is 19.3 Å². The number of phenolic OH excluding ortho intramolecular Hbond substituents is 1. The Bertz CT molecular complexity index is 1240. The minimum atomic E-state index is -2.62. The summed E-state index contributed by atoms with van der Waals surface area (Å²) in [4.78, 5) is 40.7. The maximum Gasteiger partial charge on any atom is 0.255 e. The first-order valence-corrected chi connectivity index (χ1v) is 12.2. The summed E-state index contributed by atoms with van der Waals surface area (Å²) in [6.45, 7) is 1.69. The zero-order valence-corrected chi connectivity index (χ0v) is 20.2. The molecular weight excluding hydrogens is 466 g/mol. The molecule has 4 atom stereocenters. The highest BCUT2D eigenvalue weighted by Gasteiger charge is 2.63. The molecule has 1 aromatic rings. The Morgan fingerprint density at radius 3 is 2.39 bits per heavy atom. The average Bonchev–Trinajstić information content (AvgIpc) is 2.81. The van der Waals surface area contributed by atoms with E-state index in [1.807, 2.05) is 6.07 Å². The zero-order valence-electron chi connectivity index (χ0n) is 20.2. The lowest BCUT2D eigenvalue weighted by atomic mass is 9.58. The van der Waals surface area contributed by atoms with Crippen LogP contribution in [0.3, 0.4) is 0 Å². The summed E-state index contributed by atoms with van der Waals surface area (Å²) in [5, 5.41) is 47.8. The van der Waals surface area contributed by atoms with Gasteiger partial charge in [-0.2, -0.15) is 0 Å². The number of primary amides is 1. The minimum absolute atomic E-state index is 0.0758. The summed E-state index contributed by atoms with van der Waals surface area (Å²) in [5.74, 6) is -6.12. The summed E-state index contributed by atoms with van der Waals surface area (Å²) in [6.07, 6.45) is 2.19. The number of benzene rings is 1. The number of Topliss-reactive ketones (excluding diaryl/α,β-unsaturated/α-hetero) is 2. The molecule has 1 fully saturated rings. The van der Waals surface area contributed by atoms with Crippen molar-refractivity contribution in [2.24, 2.45) is 17.6 Å². The van der Waals surface area contributed by atoms with E-state index in [0.29, 0.717) is 6.42 Å². The first-order valence-electron chi connectivity index (χ1n) is 12.2. The molecule has 0 spiro atoms. The van der Waals surface area contributed by atoms with Crippen molar-refractivity contribution in [3.05, 3.63) is 51.5 Å². The van der Waals surface area contributed by atoms with Crippen molar-refractivity contribution in [3.63, 3.8) is 0 Å². The van der Waals surface area contributed by atoms with E-state index in [1.165, 1.54) is 6.07 Å². The number of nitrogens with zero attached hydrogens (tertiary/aromatic N) is 1. The van der Waals surface area contributed by atoms with Crippen LogP contribution in [0.4, 0.5) is 0 Å². The van der Waals surface area contributed by atoms with Gasteiger partial charge in [0.2, 0.25) is 5.78 Å². The van der Waals surface area contributed by atoms with Gasteiger partial charge in [0, 0.05) is 11.5 Å². The number of carbonyl (C=O) groups excluding carboxylic acids is 3. The molecular formula is C26H31N3O7. The number of aliphatic hydroxyl groups excluding tert-OH is 2. The molecule has 36 heavy (non-hydrogen) atoms. The molecule has 0 unspecified atom stereocenters. The van der Waals surface area contributed by atoms with Gasteiger partial charge in [0.1, 0.15) is 22.8 Å². The molecule has 0 aromatic heterocycles. The van der Waals surface area contributed by atoms with Crippen LogP contribution in [0.15, 0.2) is 34.8 Å². The molecule has 10 nitrogen and oxygen atoms in total. The predicted molar refractivity (Wildman–Crippen MR) is 129 cm³/mol. The van der Waals surface area contributed by atoms with Crippen LogP contribution in [0.5, 0.6) is 5.75 Å². The highest BCUT2D eigenvalue weighted by molar-refractivity contribution is 6.24. The van der Waals surface area contributed by atoms with Crippen LogP contribution in [-0.4, -0.2) is 81.6 Å². The number of hydrogen-bond donors (Lipinski definition) is 6. The third kappa shape index (κ3) is 3.24. The van der Waals surface area contributed by atoms with Crippen molar-refractivity contribution in [2.75, 3.05) is 27.2 Å². The molecule has 1 heterocycles. The van der Waals surface area contributed by atoms with Crippen molar-refractivity contribution in [1.29, 1.82) is 0 Å². The Balaban J connectivity index is 1.69. The number of carbonyl (C=O) groups is 3. The highest BCUT2D eigenvalue weighted by Crippen LogP contribution is 2.53. The second kappa shape index (κ2) is 8.43. The number of phenols is 1. The van der Waals surface area contributed by atoms with Crippen molar-refractivity contribution in [2.45, 2.75) is 43.2 Å². The number of nitrogens with two attached hydrogens (primary N) is 1. The fraction of sp³-hybridized carbons (Fsp3) is 0.500. The van der Waals surface area contributed by atoms with Gasteiger partial charge in [-0.25, -0.2) is 0 Å². The van der Waals surface area contributed by atoms with Crippen LogP contribution >= 0.6 is 0 Å². The summed E-state index contributed by atoms with van der Waals surface area (Å²) >= 11 is 0. The van der Waals surface area contributed by atoms with E-state index in [0.717, 1.165) is 37.1 Å². The van der Waals surface area contributed by atoms with Gasteiger partial charge in [0.25, 0.3) is 5.91 Å². The lowest BCUT2D eigenvalue weighted by Gasteiger charge is -2.50. The SMILES string of the molecule is CN(C)[C@H]1C(O)=C(C(N)=O)C(=O)[C@@]2(O)C(O)=C3C(=O)c4c(O)ccc(C5CCNCC5)c4C[C@H]3C[C@@H]12. The molecule has 0 bridgehead atoms. The van der Waals surface area contributed by atoms with E-state index in [4.69, 9.17) is 5.73 Å². The molecule has 192 valence electrons. The quantitative estimate of drug-likeness (QED) is 0.327. The Morgan fingerprint density at radius 1 is 1.11 bits per heavy atom.